The number of allylic oxidation sites excluding steroid dienone is 5. The summed E-state index contributed by atoms with van der Waals surface area (Å²) in [6.07, 6.45) is 55.5. The van der Waals surface area contributed by atoms with Crippen LogP contribution in [0.2, 0.25) is 0 Å². The summed E-state index contributed by atoms with van der Waals surface area (Å²) in [5.41, 5.74) is 0. The first-order valence-electron chi connectivity index (χ1n) is 28.3. The zero-order chi connectivity index (χ0) is 49.4. The number of carbonyl (C=O) groups is 2. The van der Waals surface area contributed by atoms with Crippen molar-refractivity contribution >= 4 is 19.7 Å². The first-order valence-corrected chi connectivity index (χ1v) is 29.8. The molecule has 0 saturated carbocycles. The molecule has 0 aromatic rings. The van der Waals surface area contributed by atoms with Gasteiger partial charge in [0.2, 0.25) is 5.91 Å². The second-order valence-electron chi connectivity index (χ2n) is 20.5. The molecule has 0 rings (SSSR count). The standard InChI is InChI=1S/C57H109N2O7P/c1-7-10-13-16-19-22-25-28-29-32-34-37-40-43-46-49-56(60)58-54(53-65-67(62,63)64-52-51-59(4,5)6)55(48-45-42-39-36-33-30-26-23-20-17-14-11-8-2)66-57(61)50-47-44-41-38-35-31-27-24-21-18-15-12-9-3/h19,22,25,28,45,48,54-55H,7-18,20-21,23-24,26-27,29-44,46-47,49-53H2,1-6H3,(H-,58,60,62,63)/p+1/b22-19+,28-25+,48-45+. The predicted octanol–water partition coefficient (Wildman–Crippen LogP) is 16.8. The Morgan fingerprint density at radius 1 is 0.522 bits per heavy atom. The second kappa shape index (κ2) is 47.9. The molecule has 9 nitrogen and oxygen atoms in total. The molecule has 0 radical (unpaired) electrons. The van der Waals surface area contributed by atoms with Crippen LogP contribution in [0.15, 0.2) is 36.5 Å². The van der Waals surface area contributed by atoms with Crippen molar-refractivity contribution in [2.75, 3.05) is 40.9 Å². The van der Waals surface area contributed by atoms with Gasteiger partial charge in [-0.2, -0.15) is 0 Å². The molecule has 0 spiro atoms. The first kappa shape index (κ1) is 65.2. The van der Waals surface area contributed by atoms with Gasteiger partial charge in [0.1, 0.15) is 19.3 Å². The number of unbranched alkanes of at least 4 members (excludes halogenated alkanes) is 32. The number of likely N-dealkylation sites (N-methyl/N-ethyl adjacent to an activating group) is 1. The fourth-order valence-electron chi connectivity index (χ4n) is 8.17. The van der Waals surface area contributed by atoms with E-state index in [1.807, 2.05) is 33.3 Å². The number of phosphoric ester groups is 1. The number of esters is 1. The van der Waals surface area contributed by atoms with Crippen LogP contribution in [0, 0.1) is 0 Å². The van der Waals surface area contributed by atoms with E-state index in [4.69, 9.17) is 13.8 Å². The summed E-state index contributed by atoms with van der Waals surface area (Å²) >= 11 is 0. The number of hydrogen-bond donors (Lipinski definition) is 2. The maximum absolute atomic E-state index is 13.5. The quantitative estimate of drug-likeness (QED) is 0.0156. The van der Waals surface area contributed by atoms with Crippen LogP contribution in [0.3, 0.4) is 0 Å². The van der Waals surface area contributed by atoms with Gasteiger partial charge >= 0.3 is 13.8 Å². The zero-order valence-corrected chi connectivity index (χ0v) is 45.8. The molecule has 10 heteroatoms. The summed E-state index contributed by atoms with van der Waals surface area (Å²) in [5.74, 6) is -0.510. The number of nitrogens with zero attached hydrogens (tertiary/aromatic N) is 1. The van der Waals surface area contributed by atoms with Crippen LogP contribution in [0.1, 0.15) is 265 Å². The minimum Gasteiger partial charge on any atom is -0.456 e. The van der Waals surface area contributed by atoms with Gasteiger partial charge in [0.05, 0.1) is 33.8 Å². The molecule has 0 saturated heterocycles. The lowest BCUT2D eigenvalue weighted by atomic mass is 10.0. The van der Waals surface area contributed by atoms with Crippen molar-refractivity contribution in [2.24, 2.45) is 0 Å². The molecule has 0 aliphatic carbocycles. The van der Waals surface area contributed by atoms with Crippen LogP contribution < -0.4 is 5.32 Å². The van der Waals surface area contributed by atoms with Crippen LogP contribution in [-0.2, 0) is 27.9 Å². The topological polar surface area (TPSA) is 111 Å². The average Bonchev–Trinajstić information content (AvgIpc) is 3.28. The second-order valence-corrected chi connectivity index (χ2v) is 22.0. The van der Waals surface area contributed by atoms with E-state index in [-0.39, 0.29) is 25.1 Å². The maximum Gasteiger partial charge on any atom is 0.472 e. The fraction of sp³-hybridized carbons (Fsp3) is 0.860. The smallest absolute Gasteiger partial charge is 0.456 e. The molecular weight excluding hydrogens is 856 g/mol. The Kier molecular flexibility index (Phi) is 46.6. The Hall–Kier alpha value is -1.77. The Balaban J connectivity index is 5.40. The lowest BCUT2D eigenvalue weighted by molar-refractivity contribution is -0.870. The van der Waals surface area contributed by atoms with Gasteiger partial charge in [0.25, 0.3) is 0 Å². The number of carbonyl (C=O) groups excluding carboxylic acids is 2. The van der Waals surface area contributed by atoms with Crippen molar-refractivity contribution in [2.45, 2.75) is 277 Å². The van der Waals surface area contributed by atoms with Crippen molar-refractivity contribution in [1.82, 2.24) is 5.32 Å². The highest BCUT2D eigenvalue weighted by Crippen LogP contribution is 2.43. The van der Waals surface area contributed by atoms with E-state index in [9.17, 15) is 19.0 Å². The first-order chi connectivity index (χ1) is 32.4. The van der Waals surface area contributed by atoms with Crippen molar-refractivity contribution in [1.29, 1.82) is 0 Å². The molecule has 1 amide bonds. The van der Waals surface area contributed by atoms with Gasteiger partial charge < -0.3 is 19.4 Å². The molecule has 394 valence electrons. The lowest BCUT2D eigenvalue weighted by Crippen LogP contribution is -2.47. The van der Waals surface area contributed by atoms with Gasteiger partial charge in [-0.15, -0.1) is 0 Å². The number of quaternary nitrogens is 1. The van der Waals surface area contributed by atoms with Crippen molar-refractivity contribution in [3.63, 3.8) is 0 Å². The normalized spacial score (nSPS) is 14.1. The number of nitrogens with one attached hydrogen (secondary N) is 1. The Morgan fingerprint density at radius 2 is 0.896 bits per heavy atom. The fourth-order valence-corrected chi connectivity index (χ4v) is 8.90. The maximum atomic E-state index is 13.5. The van der Waals surface area contributed by atoms with Crippen LogP contribution in [0.4, 0.5) is 0 Å². The van der Waals surface area contributed by atoms with Gasteiger partial charge in [0.15, 0.2) is 0 Å². The van der Waals surface area contributed by atoms with Crippen LogP contribution >= 0.6 is 7.82 Å². The third-order valence-electron chi connectivity index (χ3n) is 12.6. The highest BCUT2D eigenvalue weighted by Gasteiger charge is 2.30. The average molecular weight is 966 g/mol. The van der Waals surface area contributed by atoms with Crippen LogP contribution in [0.5, 0.6) is 0 Å². The summed E-state index contributed by atoms with van der Waals surface area (Å²) in [5, 5.41) is 3.04. The molecule has 0 aliphatic heterocycles. The summed E-state index contributed by atoms with van der Waals surface area (Å²) < 4.78 is 30.6. The van der Waals surface area contributed by atoms with E-state index in [2.05, 4.69) is 50.4 Å². The Labute approximate surface area is 415 Å². The number of amides is 1. The third-order valence-corrected chi connectivity index (χ3v) is 13.6. The Bertz CT molecular complexity index is 1250. The number of phosphoric acid groups is 1. The van der Waals surface area contributed by atoms with Gasteiger partial charge in [-0.3, -0.25) is 18.6 Å². The van der Waals surface area contributed by atoms with E-state index in [1.165, 1.54) is 154 Å². The highest BCUT2D eigenvalue weighted by molar-refractivity contribution is 7.47. The molecule has 0 aliphatic rings. The largest absolute Gasteiger partial charge is 0.472 e. The number of ether oxygens (including phenoxy) is 1. The van der Waals surface area contributed by atoms with Crippen LogP contribution in [0.25, 0.3) is 0 Å². The summed E-state index contributed by atoms with van der Waals surface area (Å²) in [7, 11) is 1.49. The monoisotopic (exact) mass is 966 g/mol. The molecular formula is C57H110N2O7P+. The van der Waals surface area contributed by atoms with Gasteiger partial charge in [-0.25, -0.2) is 4.57 Å². The lowest BCUT2D eigenvalue weighted by Gasteiger charge is -2.27. The van der Waals surface area contributed by atoms with Crippen molar-refractivity contribution in [3.8, 4) is 0 Å². The predicted molar refractivity (Wildman–Crippen MR) is 286 cm³/mol. The molecule has 67 heavy (non-hydrogen) atoms. The molecule has 2 N–H and O–H groups in total. The SMILES string of the molecule is CCCCC/C=C/C=C/CCCCCCCCC(=O)NC(COP(=O)(O)OCC[N+](C)(C)C)C(/C=C/CCCCCCCCCCCCC)OC(=O)CCCCCCCCCCCCCCC. The minimum absolute atomic E-state index is 0.0396. The molecule has 0 heterocycles. The summed E-state index contributed by atoms with van der Waals surface area (Å²) in [6.45, 7) is 6.98. The van der Waals surface area contributed by atoms with Gasteiger partial charge in [0, 0.05) is 12.8 Å². The van der Waals surface area contributed by atoms with E-state index < -0.39 is 20.0 Å². The van der Waals surface area contributed by atoms with Gasteiger partial charge in [-0.1, -0.05) is 231 Å². The zero-order valence-electron chi connectivity index (χ0n) is 44.9. The summed E-state index contributed by atoms with van der Waals surface area (Å²) in [4.78, 5) is 37.5. The van der Waals surface area contributed by atoms with Crippen LogP contribution in [-0.4, -0.2) is 74.3 Å². The van der Waals surface area contributed by atoms with Gasteiger partial charge in [-0.05, 0) is 57.4 Å². The van der Waals surface area contributed by atoms with E-state index >= 15 is 0 Å². The van der Waals surface area contributed by atoms with E-state index in [0.717, 1.165) is 77.0 Å². The number of hydrogen-bond acceptors (Lipinski definition) is 6. The van der Waals surface area contributed by atoms with E-state index in [0.29, 0.717) is 23.9 Å². The number of rotatable bonds is 51. The third kappa shape index (κ3) is 49.0. The Morgan fingerprint density at radius 3 is 1.34 bits per heavy atom. The van der Waals surface area contributed by atoms with Crippen molar-refractivity contribution < 1.29 is 37.3 Å². The molecule has 0 aromatic carbocycles. The molecule has 0 bridgehead atoms. The highest BCUT2D eigenvalue weighted by atomic mass is 31.2. The molecule has 0 fully saturated rings. The van der Waals surface area contributed by atoms with Crippen molar-refractivity contribution in [3.05, 3.63) is 36.5 Å². The minimum atomic E-state index is -4.44. The van der Waals surface area contributed by atoms with E-state index in [1.54, 1.807) is 0 Å². The molecule has 0 aromatic heterocycles. The summed E-state index contributed by atoms with van der Waals surface area (Å²) in [6, 6.07) is -0.849. The molecule has 3 atom stereocenters. The molecule has 3 unspecified atom stereocenters.